The van der Waals surface area contributed by atoms with E-state index in [1.54, 1.807) is 0 Å². The third-order valence-electron chi connectivity index (χ3n) is 3.42. The van der Waals surface area contributed by atoms with Crippen molar-refractivity contribution in [2.75, 3.05) is 6.54 Å². The first-order chi connectivity index (χ1) is 7.25. The van der Waals surface area contributed by atoms with Crippen molar-refractivity contribution in [3.05, 3.63) is 0 Å². The van der Waals surface area contributed by atoms with Gasteiger partial charge >= 0.3 is 0 Å². The summed E-state index contributed by atoms with van der Waals surface area (Å²) in [5.41, 5.74) is 0. The van der Waals surface area contributed by atoms with Crippen molar-refractivity contribution in [1.82, 2.24) is 10.6 Å². The lowest BCUT2D eigenvalue weighted by atomic mass is 9.93. The third-order valence-corrected chi connectivity index (χ3v) is 3.42. The average molecular weight is 212 g/mol. The molecule has 4 heteroatoms. The minimum absolute atomic E-state index is 0.0249. The Bertz CT molecular complexity index is 219. The van der Waals surface area contributed by atoms with Gasteiger partial charge in [0.15, 0.2) is 0 Å². The predicted molar refractivity (Wildman–Crippen MR) is 57.4 cm³/mol. The standard InChI is InChI=1S/C11H20N2O2/c14-9-5-3-8(4-6-9)13-11(15)10-2-1-7-12-10/h8-10,12,14H,1-7H2,(H,13,15)/t8?,9?,10-/m0/s1. The number of amides is 1. The number of hydrogen-bond donors (Lipinski definition) is 3. The van der Waals surface area contributed by atoms with Crippen molar-refractivity contribution >= 4 is 5.91 Å². The zero-order valence-electron chi connectivity index (χ0n) is 9.04. The number of hydrogen-bond acceptors (Lipinski definition) is 3. The summed E-state index contributed by atoms with van der Waals surface area (Å²) >= 11 is 0. The van der Waals surface area contributed by atoms with Gasteiger partial charge in [0.05, 0.1) is 12.1 Å². The van der Waals surface area contributed by atoms with Crippen LogP contribution in [0.15, 0.2) is 0 Å². The highest BCUT2D eigenvalue weighted by Crippen LogP contribution is 2.18. The van der Waals surface area contributed by atoms with Crippen molar-refractivity contribution in [2.45, 2.75) is 56.7 Å². The molecular formula is C11H20N2O2. The highest BCUT2D eigenvalue weighted by atomic mass is 16.3. The van der Waals surface area contributed by atoms with Crippen LogP contribution in [0.4, 0.5) is 0 Å². The fraction of sp³-hybridized carbons (Fsp3) is 0.909. The summed E-state index contributed by atoms with van der Waals surface area (Å²) in [5.74, 6) is 0.147. The second kappa shape index (κ2) is 4.94. The van der Waals surface area contributed by atoms with Crippen molar-refractivity contribution in [2.24, 2.45) is 0 Å². The molecule has 1 atom stereocenters. The predicted octanol–water partition coefficient (Wildman–Crippen LogP) is 0.158. The number of aliphatic hydroxyl groups excluding tert-OH is 1. The number of carbonyl (C=O) groups excluding carboxylic acids is 1. The summed E-state index contributed by atoms with van der Waals surface area (Å²) in [5, 5.41) is 15.6. The van der Waals surface area contributed by atoms with Gasteiger partial charge in [-0.3, -0.25) is 4.79 Å². The van der Waals surface area contributed by atoms with Crippen LogP contribution in [0.5, 0.6) is 0 Å². The molecule has 2 aliphatic rings. The molecule has 0 aromatic heterocycles. The molecule has 3 N–H and O–H groups in total. The first kappa shape index (κ1) is 10.9. The average Bonchev–Trinajstić information content (AvgIpc) is 2.74. The summed E-state index contributed by atoms with van der Waals surface area (Å²) in [7, 11) is 0. The molecule has 1 saturated heterocycles. The second-order valence-electron chi connectivity index (χ2n) is 4.66. The lowest BCUT2D eigenvalue weighted by Crippen LogP contribution is -2.46. The summed E-state index contributed by atoms with van der Waals surface area (Å²) < 4.78 is 0. The van der Waals surface area contributed by atoms with Gasteiger partial charge in [0.25, 0.3) is 0 Å². The van der Waals surface area contributed by atoms with Gasteiger partial charge < -0.3 is 15.7 Å². The zero-order valence-corrected chi connectivity index (χ0v) is 9.04. The Kier molecular flexibility index (Phi) is 3.59. The summed E-state index contributed by atoms with van der Waals surface area (Å²) in [6.45, 7) is 0.960. The van der Waals surface area contributed by atoms with E-state index in [4.69, 9.17) is 0 Å². The maximum absolute atomic E-state index is 11.8. The number of rotatable bonds is 2. The molecule has 1 aliphatic carbocycles. The Hall–Kier alpha value is -0.610. The van der Waals surface area contributed by atoms with Crippen molar-refractivity contribution in [3.8, 4) is 0 Å². The number of aliphatic hydroxyl groups is 1. The van der Waals surface area contributed by atoms with E-state index in [0.29, 0.717) is 0 Å². The Morgan fingerprint density at radius 3 is 2.53 bits per heavy atom. The van der Waals surface area contributed by atoms with Gasteiger partial charge in [0.2, 0.25) is 5.91 Å². The van der Waals surface area contributed by atoms with E-state index >= 15 is 0 Å². The molecule has 1 amide bonds. The van der Waals surface area contributed by atoms with Crippen LogP contribution in [-0.2, 0) is 4.79 Å². The molecule has 15 heavy (non-hydrogen) atoms. The Balaban J connectivity index is 1.74. The summed E-state index contributed by atoms with van der Waals surface area (Å²) in [6.07, 6.45) is 5.39. The monoisotopic (exact) mass is 212 g/mol. The van der Waals surface area contributed by atoms with E-state index < -0.39 is 0 Å². The summed E-state index contributed by atoms with van der Waals surface area (Å²) in [6, 6.07) is 0.306. The summed E-state index contributed by atoms with van der Waals surface area (Å²) in [4.78, 5) is 11.8. The fourth-order valence-electron chi connectivity index (χ4n) is 2.43. The topological polar surface area (TPSA) is 61.4 Å². The molecule has 2 rings (SSSR count). The van der Waals surface area contributed by atoms with Crippen LogP contribution >= 0.6 is 0 Å². The highest BCUT2D eigenvalue weighted by Gasteiger charge is 2.26. The number of nitrogens with one attached hydrogen (secondary N) is 2. The molecule has 0 spiro atoms. The molecule has 0 radical (unpaired) electrons. The lowest BCUT2D eigenvalue weighted by molar-refractivity contribution is -0.123. The van der Waals surface area contributed by atoms with Crippen molar-refractivity contribution < 1.29 is 9.90 Å². The fourth-order valence-corrected chi connectivity index (χ4v) is 2.43. The van der Waals surface area contributed by atoms with Gasteiger partial charge in [0.1, 0.15) is 0 Å². The molecule has 1 saturated carbocycles. The van der Waals surface area contributed by atoms with E-state index in [1.165, 1.54) is 0 Å². The van der Waals surface area contributed by atoms with Crippen LogP contribution in [0, 0.1) is 0 Å². The van der Waals surface area contributed by atoms with Gasteiger partial charge in [-0.2, -0.15) is 0 Å². The van der Waals surface area contributed by atoms with Crippen LogP contribution in [0.2, 0.25) is 0 Å². The quantitative estimate of drug-likeness (QED) is 0.611. The Morgan fingerprint density at radius 1 is 1.20 bits per heavy atom. The normalized spacial score (nSPS) is 36.5. The van der Waals surface area contributed by atoms with Crippen molar-refractivity contribution in [3.63, 3.8) is 0 Å². The maximum Gasteiger partial charge on any atom is 0.237 e. The Morgan fingerprint density at radius 2 is 1.93 bits per heavy atom. The lowest BCUT2D eigenvalue weighted by Gasteiger charge is -2.27. The first-order valence-electron chi connectivity index (χ1n) is 5.97. The van der Waals surface area contributed by atoms with E-state index in [9.17, 15) is 9.90 Å². The van der Waals surface area contributed by atoms with Crippen LogP contribution in [0.1, 0.15) is 38.5 Å². The van der Waals surface area contributed by atoms with Crippen LogP contribution in [-0.4, -0.2) is 35.7 Å². The SMILES string of the molecule is O=C(NC1CCC(O)CC1)[C@@H]1CCCN1. The molecule has 4 nitrogen and oxygen atoms in total. The third kappa shape index (κ3) is 2.92. The minimum Gasteiger partial charge on any atom is -0.393 e. The van der Waals surface area contributed by atoms with Gasteiger partial charge in [-0.1, -0.05) is 0 Å². The zero-order chi connectivity index (χ0) is 10.7. The van der Waals surface area contributed by atoms with Crippen LogP contribution in [0.3, 0.4) is 0 Å². The largest absolute Gasteiger partial charge is 0.393 e. The molecule has 2 fully saturated rings. The van der Waals surface area contributed by atoms with Crippen molar-refractivity contribution in [1.29, 1.82) is 0 Å². The molecule has 86 valence electrons. The van der Waals surface area contributed by atoms with Crippen LogP contribution < -0.4 is 10.6 Å². The number of carbonyl (C=O) groups is 1. The molecule has 0 unspecified atom stereocenters. The smallest absolute Gasteiger partial charge is 0.237 e. The molecule has 0 aromatic carbocycles. The van der Waals surface area contributed by atoms with Gasteiger partial charge in [0, 0.05) is 6.04 Å². The van der Waals surface area contributed by atoms with Crippen LogP contribution in [0.25, 0.3) is 0 Å². The van der Waals surface area contributed by atoms with E-state index in [2.05, 4.69) is 10.6 Å². The molecule has 1 heterocycles. The molecule has 0 bridgehead atoms. The second-order valence-corrected chi connectivity index (χ2v) is 4.66. The van der Waals surface area contributed by atoms with E-state index in [1.807, 2.05) is 0 Å². The first-order valence-corrected chi connectivity index (χ1v) is 5.97. The van der Waals surface area contributed by atoms with Gasteiger partial charge in [-0.25, -0.2) is 0 Å². The highest BCUT2D eigenvalue weighted by molar-refractivity contribution is 5.82. The molecular weight excluding hydrogens is 192 g/mol. The van der Waals surface area contributed by atoms with Gasteiger partial charge in [-0.05, 0) is 45.1 Å². The molecule has 0 aromatic rings. The van der Waals surface area contributed by atoms with E-state index in [0.717, 1.165) is 45.1 Å². The van der Waals surface area contributed by atoms with E-state index in [-0.39, 0.29) is 24.1 Å². The minimum atomic E-state index is -0.150. The Labute approximate surface area is 90.4 Å². The molecule has 1 aliphatic heterocycles. The van der Waals surface area contributed by atoms with Gasteiger partial charge in [-0.15, -0.1) is 0 Å². The maximum atomic E-state index is 11.8.